The Morgan fingerprint density at radius 3 is 2.29 bits per heavy atom. The minimum absolute atomic E-state index is 0.0116. The maximum Gasteiger partial charge on any atom is 0.246 e. The van der Waals surface area contributed by atoms with Crippen LogP contribution in [0.1, 0.15) is 89.8 Å². The van der Waals surface area contributed by atoms with E-state index in [2.05, 4.69) is 62.7 Å². The molecule has 0 bridgehead atoms. The van der Waals surface area contributed by atoms with E-state index >= 15 is 0 Å². The molecule has 70 heavy (non-hydrogen) atoms. The fourth-order valence-corrected chi connectivity index (χ4v) is 12.9. The molecule has 4 saturated heterocycles. The first-order valence-corrected chi connectivity index (χ1v) is 25.6. The topological polar surface area (TPSA) is 192 Å². The number of phenolic OH excluding ortho intramolecular Hbond substituents is 1. The number of carbonyl (C=O) groups excluding carboxylic acids is 3. The molecule has 374 valence electrons. The summed E-state index contributed by atoms with van der Waals surface area (Å²) in [6.45, 7) is 14.3. The van der Waals surface area contributed by atoms with Gasteiger partial charge in [-0.15, -0.1) is 16.6 Å². The summed E-state index contributed by atoms with van der Waals surface area (Å²) < 4.78 is 5.42. The van der Waals surface area contributed by atoms with Gasteiger partial charge in [-0.3, -0.25) is 24.3 Å². The molecule has 5 aliphatic heterocycles. The van der Waals surface area contributed by atoms with Crippen LogP contribution < -0.4 is 25.6 Å². The van der Waals surface area contributed by atoms with Gasteiger partial charge in [0.1, 0.15) is 29.3 Å². The number of phenols is 1. The van der Waals surface area contributed by atoms with E-state index in [9.17, 15) is 24.6 Å². The van der Waals surface area contributed by atoms with E-state index < -0.39 is 29.5 Å². The highest BCUT2D eigenvalue weighted by molar-refractivity contribution is 5.93. The zero-order chi connectivity index (χ0) is 48.9. The predicted molar refractivity (Wildman–Crippen MR) is 266 cm³/mol. The minimum Gasteiger partial charge on any atom is -0.507 e. The van der Waals surface area contributed by atoms with E-state index in [0.717, 1.165) is 89.5 Å². The molecule has 5 N–H and O–H groups in total. The van der Waals surface area contributed by atoms with E-state index in [0.29, 0.717) is 52.4 Å². The van der Waals surface area contributed by atoms with Crippen molar-refractivity contribution in [2.45, 2.75) is 127 Å². The summed E-state index contributed by atoms with van der Waals surface area (Å²) in [4.78, 5) is 58.1. The van der Waals surface area contributed by atoms with Gasteiger partial charge in [-0.2, -0.15) is 0 Å². The molecule has 0 unspecified atom stereocenters. The Morgan fingerprint density at radius 2 is 1.60 bits per heavy atom. The number of aromatic hydroxyl groups is 1. The Labute approximate surface area is 412 Å². The maximum atomic E-state index is 14.2. The van der Waals surface area contributed by atoms with Crippen molar-refractivity contribution in [1.82, 2.24) is 45.4 Å². The van der Waals surface area contributed by atoms with Gasteiger partial charge in [0.25, 0.3) is 0 Å². The molecule has 4 atom stereocenters. The van der Waals surface area contributed by atoms with Gasteiger partial charge in [0.15, 0.2) is 5.82 Å². The van der Waals surface area contributed by atoms with Crippen molar-refractivity contribution in [2.24, 2.45) is 16.7 Å². The number of terminal acetylenes is 1. The molecule has 7 heterocycles. The number of piperazine rings is 1. The fraction of sp³-hybridized carbons (Fsp3) is 0.623. The third-order valence-corrected chi connectivity index (χ3v) is 16.9. The molecular formula is C53H71N11O6. The molecule has 17 heteroatoms. The average Bonchev–Trinajstić information content (AvgIpc) is 3.75. The number of anilines is 2. The number of piperidine rings is 2. The molecule has 3 aromatic rings. The SMILES string of the molecule is C#Cc1cnc(CNC(=O)[C@@H]2C[C@@H](O)CN2C(=O)[C@@H](NC(=O)[C@H]2CC3(C2)C[C@H](N2CCC(N4CCC(N5CCN6c7cc(-c8ccccc8O)nnc7NC[C@H]6C5)CC4)CC2)C3)C(C)(C)C)c(OC)c1. The molecular weight excluding hydrogens is 887 g/mol. The number of carbonyl (C=O) groups is 3. The number of ether oxygens (including phenoxy) is 1. The van der Waals surface area contributed by atoms with Gasteiger partial charge in [0.05, 0.1) is 37.2 Å². The van der Waals surface area contributed by atoms with Gasteiger partial charge in [0.2, 0.25) is 17.7 Å². The largest absolute Gasteiger partial charge is 0.507 e. The van der Waals surface area contributed by atoms with Crippen molar-refractivity contribution in [3.63, 3.8) is 0 Å². The lowest BCUT2D eigenvalue weighted by molar-refractivity contribution is -0.150. The van der Waals surface area contributed by atoms with Crippen LogP contribution in [0.5, 0.6) is 11.5 Å². The van der Waals surface area contributed by atoms with Crippen LogP contribution >= 0.6 is 0 Å². The number of amides is 3. The summed E-state index contributed by atoms with van der Waals surface area (Å²) in [7, 11) is 1.50. The Balaban J connectivity index is 0.649. The third kappa shape index (κ3) is 9.64. The number of fused-ring (bicyclic) bond motifs is 3. The standard InChI is InChI=1S/C53H71N11O6/c1-6-33-21-46(70-5)42(54-28-33)30-56-50(68)44-22-39(65)32-64(44)51(69)47(52(2,3)4)57-49(67)34-24-53(25-34)26-37(27-53)61-17-11-35(12-18-61)60-15-13-36(14-16-60)62-19-20-63-38(31-62)29-55-48-43(63)23-41(58-59-48)40-9-7-8-10-45(40)66/h1,7-10,21,23,28,34-39,44,47,65-66H,11-20,22,24-27,29-32H2,2-5H3,(H,55,59)(H,56,68)(H,57,67)/t34-,37-,38-,39+,44-,47+,53?/m0/s1. The van der Waals surface area contributed by atoms with Crippen LogP contribution in [0.3, 0.4) is 0 Å². The van der Waals surface area contributed by atoms with Crippen LogP contribution in [0.4, 0.5) is 11.5 Å². The number of methoxy groups -OCH3 is 1. The first-order valence-electron chi connectivity index (χ1n) is 25.6. The van der Waals surface area contributed by atoms with Crippen molar-refractivity contribution in [1.29, 1.82) is 0 Å². The second-order valence-corrected chi connectivity index (χ2v) is 22.3. The van der Waals surface area contributed by atoms with Crippen LogP contribution in [0, 0.1) is 29.1 Å². The molecule has 3 amide bonds. The van der Waals surface area contributed by atoms with Gasteiger partial charge in [-0.05, 0) is 113 Å². The molecule has 0 radical (unpaired) electrons. The normalized spacial score (nSPS) is 28.1. The first kappa shape index (κ1) is 48.1. The lowest BCUT2D eigenvalue weighted by Gasteiger charge is -2.60. The van der Waals surface area contributed by atoms with E-state index in [1.165, 1.54) is 43.9 Å². The summed E-state index contributed by atoms with van der Waals surface area (Å²) in [5.41, 5.74) is 3.09. The Hall–Kier alpha value is -5.54. The first-order chi connectivity index (χ1) is 33.7. The predicted octanol–water partition coefficient (Wildman–Crippen LogP) is 3.45. The number of aromatic nitrogens is 3. The average molecular weight is 958 g/mol. The Bertz CT molecular complexity index is 2460. The van der Waals surface area contributed by atoms with Gasteiger partial charge in [0, 0.05) is 80.5 Å². The number of aliphatic hydroxyl groups excluding tert-OH is 1. The minimum atomic E-state index is -0.894. The molecule has 2 aliphatic carbocycles. The number of benzene rings is 1. The quantitative estimate of drug-likeness (QED) is 0.176. The van der Waals surface area contributed by atoms with Crippen molar-refractivity contribution >= 4 is 29.2 Å². The van der Waals surface area contributed by atoms with Crippen molar-refractivity contribution < 1.29 is 29.3 Å². The van der Waals surface area contributed by atoms with E-state index in [1.807, 2.05) is 39.0 Å². The molecule has 10 rings (SSSR count). The molecule has 7 aliphatic rings. The highest BCUT2D eigenvalue weighted by atomic mass is 16.5. The molecule has 2 aromatic heterocycles. The molecule has 1 spiro atoms. The van der Waals surface area contributed by atoms with Crippen molar-refractivity contribution in [3.8, 4) is 35.1 Å². The summed E-state index contributed by atoms with van der Waals surface area (Å²) in [5, 5.41) is 39.6. The van der Waals surface area contributed by atoms with Crippen LogP contribution in [0.15, 0.2) is 42.6 Å². The van der Waals surface area contributed by atoms with Crippen LogP contribution in [-0.4, -0.2) is 171 Å². The number of likely N-dealkylation sites (tertiary alicyclic amines) is 3. The zero-order valence-electron chi connectivity index (χ0n) is 41.3. The number of hydrogen-bond donors (Lipinski definition) is 5. The van der Waals surface area contributed by atoms with Gasteiger partial charge >= 0.3 is 0 Å². The van der Waals surface area contributed by atoms with Crippen LogP contribution in [0.25, 0.3) is 11.3 Å². The van der Waals surface area contributed by atoms with Crippen molar-refractivity contribution in [3.05, 3.63) is 53.9 Å². The highest BCUT2D eigenvalue weighted by Crippen LogP contribution is 2.60. The summed E-state index contributed by atoms with van der Waals surface area (Å²) in [6.07, 6.45) is 15.1. The Kier molecular flexibility index (Phi) is 13.5. The van der Waals surface area contributed by atoms with Crippen LogP contribution in [0.2, 0.25) is 0 Å². The van der Waals surface area contributed by atoms with E-state index in [-0.39, 0.29) is 48.4 Å². The number of hydrogen-bond acceptors (Lipinski definition) is 14. The number of pyridine rings is 1. The summed E-state index contributed by atoms with van der Waals surface area (Å²) >= 11 is 0. The Morgan fingerprint density at radius 1 is 0.900 bits per heavy atom. The third-order valence-electron chi connectivity index (χ3n) is 16.9. The second kappa shape index (κ2) is 19.6. The maximum absolute atomic E-state index is 14.2. The number of aliphatic hydroxyl groups is 1. The lowest BCUT2D eigenvalue weighted by Crippen LogP contribution is -2.63. The monoisotopic (exact) mass is 958 g/mol. The summed E-state index contributed by atoms with van der Waals surface area (Å²) in [6, 6.07) is 11.5. The second-order valence-electron chi connectivity index (χ2n) is 22.3. The lowest BCUT2D eigenvalue weighted by atomic mass is 9.49. The number of nitrogens with zero attached hydrogens (tertiary/aromatic N) is 8. The smallest absolute Gasteiger partial charge is 0.246 e. The molecule has 17 nitrogen and oxygen atoms in total. The fourth-order valence-electron chi connectivity index (χ4n) is 12.9. The van der Waals surface area contributed by atoms with Crippen LogP contribution in [-0.2, 0) is 20.9 Å². The van der Waals surface area contributed by atoms with Gasteiger partial charge < -0.3 is 50.5 Å². The zero-order valence-corrected chi connectivity index (χ0v) is 41.3. The van der Waals surface area contributed by atoms with Gasteiger partial charge in [-0.1, -0.05) is 38.8 Å². The number of para-hydroxylation sites is 1. The summed E-state index contributed by atoms with van der Waals surface area (Å²) in [5.74, 6) is 2.99. The van der Waals surface area contributed by atoms with Gasteiger partial charge in [-0.25, -0.2) is 0 Å². The number of nitrogens with one attached hydrogen (secondary N) is 3. The van der Waals surface area contributed by atoms with Crippen molar-refractivity contribution in [2.75, 3.05) is 76.2 Å². The van der Waals surface area contributed by atoms with E-state index in [1.54, 1.807) is 12.1 Å². The van der Waals surface area contributed by atoms with E-state index in [4.69, 9.17) is 11.2 Å². The molecule has 6 fully saturated rings. The molecule has 1 aromatic carbocycles. The number of β-amino-alcohol motifs (C(OH)–C–C–N with tert-alkyl or cyclic N) is 1. The molecule has 2 saturated carbocycles. The highest BCUT2D eigenvalue weighted by Gasteiger charge is 2.57. The number of rotatable bonds is 11.